The van der Waals surface area contributed by atoms with E-state index in [1.54, 1.807) is 6.07 Å². The third kappa shape index (κ3) is 5.70. The first-order valence-corrected chi connectivity index (χ1v) is 12.7. The zero-order valence-electron chi connectivity index (χ0n) is 19.4. The number of hydrogen-bond acceptors (Lipinski definition) is 4. The molecule has 6 nitrogen and oxygen atoms in total. The number of methoxy groups -OCH3 is 1. The van der Waals surface area contributed by atoms with Crippen molar-refractivity contribution < 1.29 is 17.9 Å². The average Bonchev–Trinajstić information content (AvgIpc) is 2.78. The molecule has 0 spiro atoms. The minimum atomic E-state index is -3.67. The molecule has 0 aliphatic carbocycles. The lowest BCUT2D eigenvalue weighted by atomic mass is 9.96. The molecule has 1 fully saturated rings. The zero-order chi connectivity index (χ0) is 23.3. The molecule has 1 aliphatic heterocycles. The SMILES string of the molecule is COc1ccc(S(=O)(=O)N2CCC(C)CC2)cc1C(=O)N[C@H](CC(C)C)c1ccccc1. The first kappa shape index (κ1) is 24.3. The molecule has 0 unspecified atom stereocenters. The zero-order valence-corrected chi connectivity index (χ0v) is 20.2. The Morgan fingerprint density at radius 2 is 1.78 bits per heavy atom. The van der Waals surface area contributed by atoms with Crippen molar-refractivity contribution in [1.82, 2.24) is 9.62 Å². The van der Waals surface area contributed by atoms with Gasteiger partial charge in [-0.05, 0) is 54.9 Å². The van der Waals surface area contributed by atoms with Crippen molar-refractivity contribution in [2.75, 3.05) is 20.2 Å². The van der Waals surface area contributed by atoms with Crippen LogP contribution in [-0.2, 0) is 10.0 Å². The Hall–Kier alpha value is -2.38. The van der Waals surface area contributed by atoms with Gasteiger partial charge in [0.2, 0.25) is 10.0 Å². The summed E-state index contributed by atoms with van der Waals surface area (Å²) in [5.41, 5.74) is 1.24. The Balaban J connectivity index is 1.89. The van der Waals surface area contributed by atoms with Gasteiger partial charge in [-0.25, -0.2) is 8.42 Å². The van der Waals surface area contributed by atoms with Gasteiger partial charge < -0.3 is 10.1 Å². The van der Waals surface area contributed by atoms with Crippen molar-refractivity contribution in [3.05, 3.63) is 59.7 Å². The van der Waals surface area contributed by atoms with E-state index in [9.17, 15) is 13.2 Å². The maximum absolute atomic E-state index is 13.3. The van der Waals surface area contributed by atoms with Gasteiger partial charge in [-0.1, -0.05) is 51.1 Å². The van der Waals surface area contributed by atoms with Crippen LogP contribution in [0.5, 0.6) is 5.75 Å². The molecule has 0 bridgehead atoms. The van der Waals surface area contributed by atoms with Crippen LogP contribution in [0.15, 0.2) is 53.4 Å². The van der Waals surface area contributed by atoms with Crippen molar-refractivity contribution in [3.63, 3.8) is 0 Å². The predicted molar refractivity (Wildman–Crippen MR) is 126 cm³/mol. The predicted octanol–water partition coefficient (Wildman–Crippen LogP) is 4.63. The summed E-state index contributed by atoms with van der Waals surface area (Å²) in [6.45, 7) is 7.36. The molecule has 174 valence electrons. The summed E-state index contributed by atoms with van der Waals surface area (Å²) in [5, 5.41) is 3.09. The number of piperidine rings is 1. The minimum Gasteiger partial charge on any atom is -0.496 e. The van der Waals surface area contributed by atoms with Gasteiger partial charge >= 0.3 is 0 Å². The second-order valence-electron chi connectivity index (χ2n) is 9.01. The highest BCUT2D eigenvalue weighted by Crippen LogP contribution is 2.29. The Labute approximate surface area is 192 Å². The Morgan fingerprint density at radius 1 is 1.12 bits per heavy atom. The molecule has 1 amide bonds. The molecule has 3 rings (SSSR count). The normalized spacial score (nSPS) is 16.7. The monoisotopic (exact) mass is 458 g/mol. The molecule has 1 N–H and O–H groups in total. The van der Waals surface area contributed by atoms with Gasteiger partial charge in [0.1, 0.15) is 5.75 Å². The van der Waals surface area contributed by atoms with E-state index in [2.05, 4.69) is 26.1 Å². The Morgan fingerprint density at radius 3 is 2.38 bits per heavy atom. The van der Waals surface area contributed by atoms with Gasteiger partial charge in [0.15, 0.2) is 0 Å². The third-order valence-corrected chi connectivity index (χ3v) is 7.90. The van der Waals surface area contributed by atoms with Gasteiger partial charge in [0, 0.05) is 13.1 Å². The van der Waals surface area contributed by atoms with Crippen LogP contribution in [0.3, 0.4) is 0 Å². The van der Waals surface area contributed by atoms with E-state index in [1.165, 1.54) is 23.5 Å². The van der Waals surface area contributed by atoms with E-state index in [1.807, 2.05) is 30.3 Å². The van der Waals surface area contributed by atoms with Crippen LogP contribution in [0.25, 0.3) is 0 Å². The fourth-order valence-electron chi connectivity index (χ4n) is 4.07. The van der Waals surface area contributed by atoms with Gasteiger partial charge in [-0.2, -0.15) is 4.31 Å². The maximum atomic E-state index is 13.3. The van der Waals surface area contributed by atoms with E-state index >= 15 is 0 Å². The molecule has 2 aromatic rings. The van der Waals surface area contributed by atoms with Gasteiger partial charge in [-0.15, -0.1) is 0 Å². The van der Waals surface area contributed by atoms with Gasteiger partial charge in [0.05, 0.1) is 23.6 Å². The number of ether oxygens (including phenoxy) is 1. The number of sulfonamides is 1. The van der Waals surface area contributed by atoms with E-state index in [0.717, 1.165) is 24.8 Å². The van der Waals surface area contributed by atoms with E-state index < -0.39 is 10.0 Å². The second kappa shape index (κ2) is 10.5. The Bertz CT molecular complexity index is 1010. The summed E-state index contributed by atoms with van der Waals surface area (Å²) in [4.78, 5) is 13.4. The average molecular weight is 459 g/mol. The van der Waals surface area contributed by atoms with Crippen molar-refractivity contribution in [1.29, 1.82) is 0 Å². The summed E-state index contributed by atoms with van der Waals surface area (Å²) in [5.74, 6) is 0.899. The smallest absolute Gasteiger partial charge is 0.255 e. The summed E-state index contributed by atoms with van der Waals surface area (Å²) in [6, 6.07) is 14.2. The Kier molecular flexibility index (Phi) is 7.96. The van der Waals surface area contributed by atoms with Crippen molar-refractivity contribution >= 4 is 15.9 Å². The summed E-state index contributed by atoms with van der Waals surface area (Å²) in [7, 11) is -2.19. The number of rotatable bonds is 8. The molecule has 32 heavy (non-hydrogen) atoms. The fourth-order valence-corrected chi connectivity index (χ4v) is 5.57. The summed E-state index contributed by atoms with van der Waals surface area (Å²) >= 11 is 0. The van der Waals surface area contributed by atoms with Crippen LogP contribution in [-0.4, -0.2) is 38.8 Å². The lowest BCUT2D eigenvalue weighted by Gasteiger charge is -2.29. The molecule has 1 saturated heterocycles. The van der Waals surface area contributed by atoms with Crippen LogP contribution in [0.2, 0.25) is 0 Å². The number of carbonyl (C=O) groups excluding carboxylic acids is 1. The lowest BCUT2D eigenvalue weighted by Crippen LogP contribution is -2.38. The molecule has 2 aromatic carbocycles. The largest absolute Gasteiger partial charge is 0.496 e. The highest BCUT2D eigenvalue weighted by Gasteiger charge is 2.30. The molecule has 0 radical (unpaired) electrons. The summed E-state index contributed by atoms with van der Waals surface area (Å²) in [6.07, 6.45) is 2.45. The first-order valence-electron chi connectivity index (χ1n) is 11.3. The molecule has 7 heteroatoms. The lowest BCUT2D eigenvalue weighted by molar-refractivity contribution is 0.0928. The highest BCUT2D eigenvalue weighted by atomic mass is 32.2. The number of nitrogens with one attached hydrogen (secondary N) is 1. The van der Waals surface area contributed by atoms with Crippen LogP contribution in [0.4, 0.5) is 0 Å². The van der Waals surface area contributed by atoms with E-state index in [0.29, 0.717) is 30.7 Å². The molecular weight excluding hydrogens is 424 g/mol. The molecular formula is C25H34N2O4S. The van der Waals surface area contributed by atoms with E-state index in [4.69, 9.17) is 4.74 Å². The summed E-state index contributed by atoms with van der Waals surface area (Å²) < 4.78 is 33.3. The molecule has 1 atom stereocenters. The first-order chi connectivity index (χ1) is 15.2. The topological polar surface area (TPSA) is 75.7 Å². The van der Waals surface area contributed by atoms with Crippen LogP contribution in [0.1, 0.15) is 62.0 Å². The highest BCUT2D eigenvalue weighted by molar-refractivity contribution is 7.89. The molecule has 1 heterocycles. The van der Waals surface area contributed by atoms with Crippen LogP contribution in [0, 0.1) is 11.8 Å². The maximum Gasteiger partial charge on any atom is 0.255 e. The number of nitrogens with zero attached hydrogens (tertiary/aromatic N) is 1. The van der Waals surface area contributed by atoms with Crippen molar-refractivity contribution in [3.8, 4) is 5.75 Å². The molecule has 0 saturated carbocycles. The van der Waals surface area contributed by atoms with Crippen molar-refractivity contribution in [2.45, 2.75) is 51.0 Å². The second-order valence-corrected chi connectivity index (χ2v) is 11.0. The number of amides is 1. The fraction of sp³-hybridized carbons (Fsp3) is 0.480. The minimum absolute atomic E-state index is 0.123. The van der Waals surface area contributed by atoms with Crippen LogP contribution < -0.4 is 10.1 Å². The number of carbonyl (C=O) groups is 1. The van der Waals surface area contributed by atoms with Crippen LogP contribution >= 0.6 is 0 Å². The molecule has 1 aliphatic rings. The van der Waals surface area contributed by atoms with Crippen molar-refractivity contribution in [2.24, 2.45) is 11.8 Å². The van der Waals surface area contributed by atoms with Gasteiger partial charge in [0.25, 0.3) is 5.91 Å². The standard InChI is InChI=1S/C25H34N2O4S/c1-18(2)16-23(20-8-6-5-7-9-20)26-25(28)22-17-21(10-11-24(22)31-4)32(29,30)27-14-12-19(3)13-15-27/h5-11,17-19,23H,12-16H2,1-4H3,(H,26,28)/t23-/m1/s1. The number of benzene rings is 2. The quantitative estimate of drug-likeness (QED) is 0.626. The number of hydrogen-bond donors (Lipinski definition) is 1. The third-order valence-electron chi connectivity index (χ3n) is 6.01. The molecule has 0 aromatic heterocycles. The van der Waals surface area contributed by atoms with Gasteiger partial charge in [-0.3, -0.25) is 4.79 Å². The van der Waals surface area contributed by atoms with E-state index in [-0.39, 0.29) is 22.4 Å².